The van der Waals surface area contributed by atoms with Crippen LogP contribution in [0.1, 0.15) is 28.9 Å². The highest BCUT2D eigenvalue weighted by molar-refractivity contribution is 5.94. The molecule has 2 saturated heterocycles. The van der Waals surface area contributed by atoms with Crippen LogP contribution in [0.2, 0.25) is 0 Å². The number of aryl methyl sites for hydroxylation is 1. The Morgan fingerprint density at radius 3 is 2.78 bits per heavy atom. The Labute approximate surface area is 136 Å². The Kier molecular flexibility index (Phi) is 4.35. The molecule has 0 aromatic carbocycles. The number of methoxy groups -OCH3 is 1. The standard InChI is InChI=1S/C17H23N3O3/c1-12-3-4-13(9-18-12)16(22)20-7-5-17(6-8-20)11-19-15(21)14(17)10-23-2/h3-4,9,14H,5-8,10-11H2,1-2H3,(H,19,21)/t14-/m1/s1. The summed E-state index contributed by atoms with van der Waals surface area (Å²) in [7, 11) is 1.63. The number of hydrogen-bond donors (Lipinski definition) is 1. The quantitative estimate of drug-likeness (QED) is 0.903. The van der Waals surface area contributed by atoms with Gasteiger partial charge in [0.1, 0.15) is 0 Å². The van der Waals surface area contributed by atoms with Crippen molar-refractivity contribution in [1.82, 2.24) is 15.2 Å². The molecule has 1 aromatic heterocycles. The number of likely N-dealkylation sites (tertiary alicyclic amines) is 1. The Morgan fingerprint density at radius 1 is 1.43 bits per heavy atom. The van der Waals surface area contributed by atoms with Gasteiger partial charge in [0.25, 0.3) is 5.91 Å². The van der Waals surface area contributed by atoms with E-state index in [9.17, 15) is 9.59 Å². The molecule has 2 amide bonds. The zero-order valence-electron chi connectivity index (χ0n) is 13.7. The summed E-state index contributed by atoms with van der Waals surface area (Å²) in [5.41, 5.74) is 1.45. The minimum atomic E-state index is -0.106. The predicted octanol–water partition coefficient (Wildman–Crippen LogP) is 1.00. The molecule has 6 heteroatoms. The van der Waals surface area contributed by atoms with Crippen molar-refractivity contribution in [2.75, 3.05) is 33.4 Å². The maximum atomic E-state index is 12.6. The molecule has 0 bridgehead atoms. The molecule has 124 valence electrons. The summed E-state index contributed by atoms with van der Waals surface area (Å²) < 4.78 is 5.23. The fourth-order valence-corrected chi connectivity index (χ4v) is 3.66. The van der Waals surface area contributed by atoms with Crippen LogP contribution in [0.4, 0.5) is 0 Å². The van der Waals surface area contributed by atoms with E-state index < -0.39 is 0 Å². The van der Waals surface area contributed by atoms with Crippen LogP contribution >= 0.6 is 0 Å². The van der Waals surface area contributed by atoms with Crippen molar-refractivity contribution in [3.05, 3.63) is 29.6 Å². The third-order valence-electron chi connectivity index (χ3n) is 5.21. The van der Waals surface area contributed by atoms with Gasteiger partial charge in [-0.05, 0) is 31.9 Å². The molecule has 3 heterocycles. The lowest BCUT2D eigenvalue weighted by Gasteiger charge is -2.41. The highest BCUT2D eigenvalue weighted by Crippen LogP contribution is 2.42. The number of aromatic nitrogens is 1. The summed E-state index contributed by atoms with van der Waals surface area (Å²) in [6.45, 7) is 4.37. The second-order valence-corrected chi connectivity index (χ2v) is 6.57. The number of pyridine rings is 1. The summed E-state index contributed by atoms with van der Waals surface area (Å²) >= 11 is 0. The van der Waals surface area contributed by atoms with Gasteiger partial charge in [-0.1, -0.05) is 0 Å². The molecular formula is C17H23N3O3. The minimum Gasteiger partial charge on any atom is -0.384 e. The molecule has 1 atom stereocenters. The number of ether oxygens (including phenoxy) is 1. The van der Waals surface area contributed by atoms with Gasteiger partial charge in [0.15, 0.2) is 0 Å². The van der Waals surface area contributed by atoms with Gasteiger partial charge in [0.05, 0.1) is 18.1 Å². The lowest BCUT2D eigenvalue weighted by molar-refractivity contribution is -0.126. The molecule has 2 aliphatic heterocycles. The Morgan fingerprint density at radius 2 is 2.17 bits per heavy atom. The first-order chi connectivity index (χ1) is 11.1. The van der Waals surface area contributed by atoms with E-state index in [0.29, 0.717) is 31.8 Å². The van der Waals surface area contributed by atoms with Gasteiger partial charge in [-0.15, -0.1) is 0 Å². The van der Waals surface area contributed by atoms with E-state index in [-0.39, 0.29) is 23.1 Å². The predicted molar refractivity (Wildman–Crippen MR) is 84.9 cm³/mol. The van der Waals surface area contributed by atoms with Crippen LogP contribution in [-0.2, 0) is 9.53 Å². The average Bonchev–Trinajstić information content (AvgIpc) is 2.86. The first-order valence-corrected chi connectivity index (χ1v) is 8.04. The largest absolute Gasteiger partial charge is 0.384 e. The average molecular weight is 317 g/mol. The third-order valence-corrected chi connectivity index (χ3v) is 5.21. The minimum absolute atomic E-state index is 0.0212. The van der Waals surface area contributed by atoms with Crippen LogP contribution in [-0.4, -0.2) is 55.0 Å². The van der Waals surface area contributed by atoms with Gasteiger partial charge in [0.2, 0.25) is 5.91 Å². The van der Waals surface area contributed by atoms with Crippen LogP contribution in [0.3, 0.4) is 0 Å². The molecule has 3 rings (SSSR count). The second-order valence-electron chi connectivity index (χ2n) is 6.57. The lowest BCUT2D eigenvalue weighted by Crippen LogP contribution is -2.47. The molecule has 6 nitrogen and oxygen atoms in total. The molecule has 1 N–H and O–H groups in total. The molecule has 2 aliphatic rings. The summed E-state index contributed by atoms with van der Waals surface area (Å²) in [5.74, 6) is -0.00641. The van der Waals surface area contributed by atoms with Crippen molar-refractivity contribution >= 4 is 11.8 Å². The van der Waals surface area contributed by atoms with Crippen LogP contribution < -0.4 is 5.32 Å². The topological polar surface area (TPSA) is 71.5 Å². The number of piperidine rings is 1. The van der Waals surface area contributed by atoms with Crippen molar-refractivity contribution in [3.63, 3.8) is 0 Å². The normalized spacial score (nSPS) is 23.1. The number of amides is 2. The van der Waals surface area contributed by atoms with Crippen LogP contribution in [0.15, 0.2) is 18.3 Å². The summed E-state index contributed by atoms with van der Waals surface area (Å²) in [5, 5.41) is 2.96. The monoisotopic (exact) mass is 317 g/mol. The fraction of sp³-hybridized carbons (Fsp3) is 0.588. The van der Waals surface area contributed by atoms with Crippen molar-refractivity contribution in [3.8, 4) is 0 Å². The number of hydrogen-bond acceptors (Lipinski definition) is 4. The first-order valence-electron chi connectivity index (χ1n) is 8.04. The number of carbonyl (C=O) groups is 2. The number of nitrogens with one attached hydrogen (secondary N) is 1. The fourth-order valence-electron chi connectivity index (χ4n) is 3.66. The van der Waals surface area contributed by atoms with Gasteiger partial charge >= 0.3 is 0 Å². The Balaban J connectivity index is 1.67. The van der Waals surface area contributed by atoms with Crippen molar-refractivity contribution in [1.29, 1.82) is 0 Å². The van der Waals surface area contributed by atoms with Gasteiger partial charge in [-0.2, -0.15) is 0 Å². The van der Waals surface area contributed by atoms with E-state index in [0.717, 1.165) is 18.5 Å². The second kappa shape index (κ2) is 6.28. The van der Waals surface area contributed by atoms with Gasteiger partial charge in [0, 0.05) is 44.0 Å². The van der Waals surface area contributed by atoms with E-state index in [2.05, 4.69) is 10.3 Å². The smallest absolute Gasteiger partial charge is 0.255 e. The van der Waals surface area contributed by atoms with Crippen LogP contribution in [0.25, 0.3) is 0 Å². The maximum Gasteiger partial charge on any atom is 0.255 e. The van der Waals surface area contributed by atoms with E-state index >= 15 is 0 Å². The summed E-state index contributed by atoms with van der Waals surface area (Å²) in [4.78, 5) is 30.7. The molecule has 1 aromatic rings. The lowest BCUT2D eigenvalue weighted by atomic mass is 9.71. The molecule has 0 unspecified atom stereocenters. The molecule has 23 heavy (non-hydrogen) atoms. The van der Waals surface area contributed by atoms with Gasteiger partial charge in [-0.3, -0.25) is 14.6 Å². The van der Waals surface area contributed by atoms with Crippen molar-refractivity contribution < 1.29 is 14.3 Å². The molecule has 0 saturated carbocycles. The van der Waals surface area contributed by atoms with Gasteiger partial charge < -0.3 is 15.0 Å². The molecule has 1 spiro atoms. The third kappa shape index (κ3) is 2.95. The number of rotatable bonds is 3. The highest BCUT2D eigenvalue weighted by Gasteiger charge is 2.49. The molecule has 2 fully saturated rings. The summed E-state index contributed by atoms with van der Waals surface area (Å²) in [6.07, 6.45) is 3.28. The Bertz CT molecular complexity index is 592. The van der Waals surface area contributed by atoms with Crippen LogP contribution in [0.5, 0.6) is 0 Å². The van der Waals surface area contributed by atoms with Crippen molar-refractivity contribution in [2.45, 2.75) is 19.8 Å². The number of nitrogens with zero attached hydrogens (tertiary/aromatic N) is 2. The van der Waals surface area contributed by atoms with E-state index in [4.69, 9.17) is 4.74 Å². The molecule has 0 radical (unpaired) electrons. The van der Waals surface area contributed by atoms with E-state index in [1.807, 2.05) is 24.0 Å². The zero-order valence-corrected chi connectivity index (χ0v) is 13.7. The highest BCUT2D eigenvalue weighted by atomic mass is 16.5. The Hall–Kier alpha value is -1.95. The molecular weight excluding hydrogens is 294 g/mol. The first kappa shape index (κ1) is 15.9. The van der Waals surface area contributed by atoms with Crippen LogP contribution in [0, 0.1) is 18.3 Å². The zero-order chi connectivity index (χ0) is 16.4. The van der Waals surface area contributed by atoms with E-state index in [1.165, 1.54) is 0 Å². The van der Waals surface area contributed by atoms with E-state index in [1.54, 1.807) is 13.3 Å². The maximum absolute atomic E-state index is 12.6. The number of carbonyl (C=O) groups excluding carboxylic acids is 2. The molecule has 0 aliphatic carbocycles. The van der Waals surface area contributed by atoms with Crippen molar-refractivity contribution in [2.24, 2.45) is 11.3 Å². The summed E-state index contributed by atoms with van der Waals surface area (Å²) in [6, 6.07) is 3.68. The SMILES string of the molecule is COC[C@@H]1C(=O)NCC12CCN(C(=O)c1ccc(C)nc1)CC2. The van der Waals surface area contributed by atoms with Gasteiger partial charge in [-0.25, -0.2) is 0 Å².